The van der Waals surface area contributed by atoms with Crippen molar-refractivity contribution in [3.63, 3.8) is 0 Å². The molecule has 8 heteroatoms. The Morgan fingerprint density at radius 2 is 1.77 bits per heavy atom. The monoisotopic (exact) mass is 467 g/mol. The van der Waals surface area contributed by atoms with Crippen LogP contribution in [0.5, 0.6) is 5.75 Å². The number of rotatable bonds is 7. The van der Waals surface area contributed by atoms with E-state index in [0.717, 1.165) is 16.7 Å². The van der Waals surface area contributed by atoms with E-state index < -0.39 is 12.0 Å². The molecule has 8 nitrogen and oxygen atoms in total. The summed E-state index contributed by atoms with van der Waals surface area (Å²) in [5.74, 6) is 0.711. The Hall–Kier alpha value is -4.46. The molecule has 1 N–H and O–H groups in total. The molecule has 0 aliphatic carbocycles. The SMILES string of the molecule is CC1=C(C(=O)OCc2ccccc2)C(c2cccc(OCc3ccccc3C)c2)n2nnnc2N1. The minimum atomic E-state index is -0.563. The zero-order valence-electron chi connectivity index (χ0n) is 19.5. The Balaban J connectivity index is 1.42. The summed E-state index contributed by atoms with van der Waals surface area (Å²) in [4.78, 5) is 13.3. The van der Waals surface area contributed by atoms with Crippen LogP contribution in [-0.2, 0) is 22.7 Å². The second kappa shape index (κ2) is 9.80. The van der Waals surface area contributed by atoms with Crippen LogP contribution in [0.2, 0.25) is 0 Å². The number of nitrogens with one attached hydrogen (secondary N) is 1. The molecular weight excluding hydrogens is 442 g/mol. The largest absolute Gasteiger partial charge is 0.489 e. The minimum absolute atomic E-state index is 0.172. The Labute approximate surface area is 203 Å². The Morgan fingerprint density at radius 3 is 2.60 bits per heavy atom. The number of aryl methyl sites for hydroxylation is 1. The van der Waals surface area contributed by atoms with Crippen molar-refractivity contribution in [1.82, 2.24) is 20.2 Å². The van der Waals surface area contributed by atoms with Gasteiger partial charge in [0.1, 0.15) is 25.0 Å². The highest BCUT2D eigenvalue weighted by atomic mass is 16.5. The highest BCUT2D eigenvalue weighted by Crippen LogP contribution is 2.36. The lowest BCUT2D eigenvalue weighted by Gasteiger charge is -2.27. The molecule has 0 radical (unpaired) electrons. The first kappa shape index (κ1) is 22.3. The molecule has 0 amide bonds. The maximum Gasteiger partial charge on any atom is 0.338 e. The molecule has 3 aromatic carbocycles. The fourth-order valence-electron chi connectivity index (χ4n) is 4.09. The second-order valence-electron chi connectivity index (χ2n) is 8.36. The van der Waals surface area contributed by atoms with Crippen LogP contribution >= 0.6 is 0 Å². The van der Waals surface area contributed by atoms with E-state index in [0.29, 0.717) is 29.6 Å². The third kappa shape index (κ3) is 4.77. The number of aromatic nitrogens is 4. The van der Waals surface area contributed by atoms with E-state index in [-0.39, 0.29) is 6.61 Å². The quantitative estimate of drug-likeness (QED) is 0.398. The van der Waals surface area contributed by atoms with Gasteiger partial charge in [-0.05, 0) is 58.7 Å². The third-order valence-corrected chi connectivity index (χ3v) is 5.98. The number of benzene rings is 3. The highest BCUT2D eigenvalue weighted by Gasteiger charge is 2.35. The Morgan fingerprint density at radius 1 is 0.971 bits per heavy atom. The normalized spacial score (nSPS) is 14.7. The molecule has 0 saturated carbocycles. The lowest BCUT2D eigenvalue weighted by Crippen LogP contribution is -2.29. The van der Waals surface area contributed by atoms with E-state index in [1.807, 2.05) is 79.7 Å². The van der Waals surface area contributed by atoms with Crippen LogP contribution in [0, 0.1) is 6.92 Å². The first-order valence-electron chi connectivity index (χ1n) is 11.3. The molecule has 1 atom stereocenters. The number of ether oxygens (including phenoxy) is 2. The van der Waals surface area contributed by atoms with E-state index >= 15 is 0 Å². The van der Waals surface area contributed by atoms with Gasteiger partial charge in [-0.25, -0.2) is 4.79 Å². The van der Waals surface area contributed by atoms with Crippen molar-refractivity contribution in [1.29, 1.82) is 0 Å². The molecule has 176 valence electrons. The van der Waals surface area contributed by atoms with Crippen molar-refractivity contribution >= 4 is 11.9 Å². The number of anilines is 1. The number of tetrazole rings is 1. The maximum absolute atomic E-state index is 13.3. The molecule has 1 aromatic heterocycles. The standard InChI is InChI=1S/C27H25N5O3/c1-18-9-6-7-12-22(18)17-34-23-14-8-13-21(15-23)25-24(19(2)28-27-29-30-31-32(25)27)26(33)35-16-20-10-4-3-5-11-20/h3-15,25H,16-17H2,1-2H3,(H,28,29,31). The molecule has 0 saturated heterocycles. The summed E-state index contributed by atoms with van der Waals surface area (Å²) in [5, 5.41) is 15.1. The van der Waals surface area contributed by atoms with E-state index in [4.69, 9.17) is 9.47 Å². The van der Waals surface area contributed by atoms with Gasteiger partial charge in [0.2, 0.25) is 5.95 Å². The molecule has 1 unspecified atom stereocenters. The molecule has 0 bridgehead atoms. The summed E-state index contributed by atoms with van der Waals surface area (Å²) in [6.45, 7) is 4.50. The van der Waals surface area contributed by atoms with Crippen LogP contribution in [0.25, 0.3) is 0 Å². The molecule has 1 aliphatic heterocycles. The predicted octanol–water partition coefficient (Wildman–Crippen LogP) is 4.59. The van der Waals surface area contributed by atoms with Crippen molar-refractivity contribution in [3.05, 3.63) is 112 Å². The lowest BCUT2D eigenvalue weighted by molar-refractivity contribution is -0.140. The molecule has 5 rings (SSSR count). The number of carbonyl (C=O) groups excluding carboxylic acids is 1. The third-order valence-electron chi connectivity index (χ3n) is 5.98. The molecular formula is C27H25N5O3. The van der Waals surface area contributed by atoms with Gasteiger partial charge >= 0.3 is 5.97 Å². The zero-order valence-corrected chi connectivity index (χ0v) is 19.5. The first-order chi connectivity index (χ1) is 17.1. The van der Waals surface area contributed by atoms with Gasteiger partial charge in [-0.2, -0.15) is 4.68 Å². The van der Waals surface area contributed by atoms with Gasteiger partial charge in [0, 0.05) is 5.70 Å². The van der Waals surface area contributed by atoms with E-state index in [9.17, 15) is 4.79 Å². The summed E-state index contributed by atoms with van der Waals surface area (Å²) >= 11 is 0. The Bertz CT molecular complexity index is 1380. The predicted molar refractivity (Wildman–Crippen MR) is 130 cm³/mol. The van der Waals surface area contributed by atoms with Crippen LogP contribution in [0.1, 0.15) is 35.2 Å². The van der Waals surface area contributed by atoms with Crippen molar-refractivity contribution in [2.24, 2.45) is 0 Å². The Kier molecular flexibility index (Phi) is 6.26. The van der Waals surface area contributed by atoms with Gasteiger partial charge in [-0.1, -0.05) is 71.8 Å². The van der Waals surface area contributed by atoms with E-state index in [1.165, 1.54) is 5.56 Å². The van der Waals surface area contributed by atoms with Crippen LogP contribution in [0.3, 0.4) is 0 Å². The molecule has 0 fully saturated rings. The number of esters is 1. The van der Waals surface area contributed by atoms with E-state index in [1.54, 1.807) is 4.68 Å². The summed E-state index contributed by atoms with van der Waals surface area (Å²) in [6.07, 6.45) is 0. The topological polar surface area (TPSA) is 91.2 Å². The molecule has 0 spiro atoms. The van der Waals surface area contributed by atoms with Gasteiger partial charge in [-0.3, -0.25) is 0 Å². The second-order valence-corrected chi connectivity index (χ2v) is 8.36. The summed E-state index contributed by atoms with van der Waals surface area (Å²) < 4.78 is 13.4. The smallest absolute Gasteiger partial charge is 0.338 e. The number of allylic oxidation sites excluding steroid dienone is 1. The van der Waals surface area contributed by atoms with Crippen molar-refractivity contribution in [2.75, 3.05) is 5.32 Å². The van der Waals surface area contributed by atoms with Crippen molar-refractivity contribution in [3.8, 4) is 5.75 Å². The van der Waals surface area contributed by atoms with E-state index in [2.05, 4.69) is 33.8 Å². The van der Waals surface area contributed by atoms with Crippen LogP contribution in [-0.4, -0.2) is 26.2 Å². The van der Waals surface area contributed by atoms with Gasteiger partial charge in [-0.15, -0.1) is 0 Å². The van der Waals surface area contributed by atoms with Gasteiger partial charge in [0.25, 0.3) is 0 Å². The van der Waals surface area contributed by atoms with Crippen LogP contribution in [0.4, 0.5) is 5.95 Å². The number of hydrogen-bond acceptors (Lipinski definition) is 7. The summed E-state index contributed by atoms with van der Waals surface area (Å²) in [7, 11) is 0. The van der Waals surface area contributed by atoms with Gasteiger partial charge in [0.15, 0.2) is 0 Å². The summed E-state index contributed by atoms with van der Waals surface area (Å²) in [6, 6.07) is 24.8. The number of fused-ring (bicyclic) bond motifs is 1. The minimum Gasteiger partial charge on any atom is -0.489 e. The molecule has 4 aromatic rings. The molecule has 1 aliphatic rings. The number of carbonyl (C=O) groups is 1. The molecule has 2 heterocycles. The number of hydrogen-bond donors (Lipinski definition) is 1. The van der Waals surface area contributed by atoms with Crippen LogP contribution in [0.15, 0.2) is 90.1 Å². The van der Waals surface area contributed by atoms with Crippen molar-refractivity contribution in [2.45, 2.75) is 33.1 Å². The zero-order chi connectivity index (χ0) is 24.2. The fraction of sp³-hybridized carbons (Fsp3) is 0.185. The van der Waals surface area contributed by atoms with Crippen molar-refractivity contribution < 1.29 is 14.3 Å². The maximum atomic E-state index is 13.3. The summed E-state index contributed by atoms with van der Waals surface area (Å²) in [5.41, 5.74) is 5.09. The first-order valence-corrected chi connectivity index (χ1v) is 11.3. The lowest BCUT2D eigenvalue weighted by atomic mass is 9.95. The highest BCUT2D eigenvalue weighted by molar-refractivity contribution is 5.92. The average Bonchev–Trinajstić information content (AvgIpc) is 3.35. The van der Waals surface area contributed by atoms with Gasteiger partial charge < -0.3 is 14.8 Å². The molecule has 35 heavy (non-hydrogen) atoms. The number of nitrogens with zero attached hydrogens (tertiary/aromatic N) is 4. The van der Waals surface area contributed by atoms with Gasteiger partial charge in [0.05, 0.1) is 5.57 Å². The average molecular weight is 468 g/mol. The van der Waals surface area contributed by atoms with Crippen LogP contribution < -0.4 is 10.1 Å². The fourth-order valence-corrected chi connectivity index (χ4v) is 4.09.